The lowest BCUT2D eigenvalue weighted by Gasteiger charge is -3.56. The van der Waals surface area contributed by atoms with Crippen LogP contribution in [0.4, 0.5) is 0 Å². The highest BCUT2D eigenvalue weighted by Gasteiger charge is 3.57. The first kappa shape index (κ1) is 16.1. The minimum Gasteiger partial charge on any atom is -0.175 e. The molecule has 0 radical (unpaired) electrons. The topological polar surface area (TPSA) is 0 Å². The van der Waals surface area contributed by atoms with E-state index in [1.165, 1.54) is 130 Å². The minimum absolute atomic E-state index is 0.891. The van der Waals surface area contributed by atoms with E-state index in [0.717, 1.165) is 103 Å². The number of fused-ring (bicyclic) bond motifs is 18. The number of hydrogen-bond acceptors (Lipinski definition) is 1. The Morgan fingerprint density at radius 1 is 0.244 bits per heavy atom. The van der Waals surface area contributed by atoms with E-state index in [1.54, 1.807) is 19.3 Å². The quantitative estimate of drug-likeness (QED) is 0.403. The fourth-order valence-electron chi connectivity index (χ4n) is 45.7. The average Bonchev–Trinajstić information content (AvgIpc) is 2.89. The van der Waals surface area contributed by atoms with Crippen LogP contribution in [0.2, 0.25) is 0 Å². The third kappa shape index (κ3) is 0.394. The van der Waals surface area contributed by atoms with Gasteiger partial charge in [-0.15, -0.1) is 0 Å². The van der Waals surface area contributed by atoms with E-state index in [-0.39, 0.29) is 0 Å². The molecule has 30 fully saturated rings. The van der Waals surface area contributed by atoms with E-state index in [1.807, 2.05) is 0 Å². The lowest BCUT2D eigenvalue weighted by atomic mass is 8.46. The summed E-state index contributed by atoms with van der Waals surface area (Å²) in [5, 5.41) is 0.891. The summed E-state index contributed by atoms with van der Waals surface area (Å²) >= 11 is 5.62. The first-order valence-corrected chi connectivity index (χ1v) is 22.5. The van der Waals surface area contributed by atoms with Gasteiger partial charge in [-0.05, 0) is 247 Å². The van der Waals surface area contributed by atoms with Crippen molar-refractivity contribution in [3.05, 3.63) is 0 Å². The molecule has 0 amide bonds. The maximum Gasteiger partial charge on any atom is 0.00908 e. The molecule has 212 valence electrons. The predicted octanol–water partition coefficient (Wildman–Crippen LogP) is 4.17. The summed E-state index contributed by atoms with van der Waals surface area (Å²) in [5.41, 5.74) is 19.5. The standard InChI is InChI=1S/C44H30S/c45-26-13-9-3-8-12-16-18-20-17-14-10-6-1-4-5-2-7-11-15-19-21-22-23-24-25(26)30(13)29(8,9)33(12)34(24,30)38(23)37(16,33)41(18)42(22,38)44(21)40(19)36(15)32(11)28(5,7)27(4,6)31(10,32)35(14,36)39(17,40)43(20,41)44/h4-26,45H,1-3H2. The third-order valence-electron chi connectivity index (χ3n) is 36.9. The first-order valence-electron chi connectivity index (χ1n) is 22.0. The van der Waals surface area contributed by atoms with Crippen LogP contribution in [0.5, 0.6) is 0 Å². The molecule has 30 aliphatic rings. The monoisotopic (exact) mass is 590 g/mol. The van der Waals surface area contributed by atoms with Crippen LogP contribution in [-0.4, -0.2) is 5.25 Å². The molecule has 0 heterocycles. The highest BCUT2D eigenvalue weighted by molar-refractivity contribution is 7.81. The summed E-state index contributed by atoms with van der Waals surface area (Å²) in [7, 11) is 0. The highest BCUT2D eigenvalue weighted by Crippen LogP contribution is 3.58. The van der Waals surface area contributed by atoms with Crippen LogP contribution in [0.25, 0.3) is 0 Å². The number of thiol groups is 1. The predicted molar refractivity (Wildman–Crippen MR) is 147 cm³/mol. The molecule has 18 spiro atoms. The molecule has 30 aliphatic carbocycles. The maximum atomic E-state index is 5.62. The molecule has 1 heteroatoms. The van der Waals surface area contributed by atoms with Gasteiger partial charge in [0.1, 0.15) is 0 Å². The normalized spacial score (nSPS) is 134. The van der Waals surface area contributed by atoms with Gasteiger partial charge >= 0.3 is 0 Å². The molecule has 0 aromatic rings. The summed E-state index contributed by atoms with van der Waals surface area (Å²) in [4.78, 5) is 0. The molecule has 41 unspecified atom stereocenters. The van der Waals surface area contributed by atoms with Crippen molar-refractivity contribution in [1.82, 2.24) is 0 Å². The van der Waals surface area contributed by atoms with E-state index < -0.39 is 0 Å². The molecule has 0 nitrogen and oxygen atoms in total. The van der Waals surface area contributed by atoms with Crippen molar-refractivity contribution < 1.29 is 0 Å². The molecule has 0 saturated heterocycles. The van der Waals surface area contributed by atoms with Gasteiger partial charge in [0, 0.05) is 5.25 Å². The van der Waals surface area contributed by atoms with Gasteiger partial charge in [-0.1, -0.05) is 0 Å². The molecular weight excluding hydrogens is 561 g/mol. The SMILES string of the molecule is SC1C2C3CC4C5C6C7C8C9C%10C%11C%12CC%13C%14CC%15C%16C%17C%18C%19C%20C%21C%22C1C21C34C52C%221C%211C62C72C%201C%191C%183C%174C%165C%14%15C%13%12C%115C%104C93C821. The van der Waals surface area contributed by atoms with Gasteiger partial charge in [0.25, 0.3) is 0 Å². The molecule has 30 rings (SSSR count). The zero-order valence-corrected chi connectivity index (χ0v) is 25.7. The minimum atomic E-state index is 0.891. The summed E-state index contributed by atoms with van der Waals surface area (Å²) in [6.07, 6.45) is 5.34. The second kappa shape index (κ2) is 2.56. The molecular formula is C44H30S. The van der Waals surface area contributed by atoms with Gasteiger partial charge in [-0.2, -0.15) is 12.6 Å². The van der Waals surface area contributed by atoms with Crippen molar-refractivity contribution in [2.75, 3.05) is 0 Å². The van der Waals surface area contributed by atoms with Crippen molar-refractivity contribution in [1.29, 1.82) is 0 Å². The zero-order chi connectivity index (χ0) is 25.4. The second-order valence-electron chi connectivity index (χ2n) is 28.0. The first-order chi connectivity index (χ1) is 22.3. The molecule has 0 aliphatic heterocycles. The van der Waals surface area contributed by atoms with Crippen LogP contribution in [0.1, 0.15) is 19.3 Å². The molecule has 0 aromatic carbocycles. The van der Waals surface area contributed by atoms with Crippen molar-refractivity contribution >= 4 is 12.6 Å². The Bertz CT molecular complexity index is 2700. The zero-order valence-electron chi connectivity index (χ0n) is 24.8. The van der Waals surface area contributed by atoms with Crippen molar-refractivity contribution in [3.8, 4) is 0 Å². The van der Waals surface area contributed by atoms with Gasteiger partial charge in [-0.3, -0.25) is 0 Å². The van der Waals surface area contributed by atoms with E-state index in [4.69, 9.17) is 12.6 Å². The average molecular weight is 591 g/mol. The van der Waals surface area contributed by atoms with Gasteiger partial charge < -0.3 is 0 Å². The number of hydrogen-bond donors (Lipinski definition) is 1. The van der Waals surface area contributed by atoms with E-state index >= 15 is 0 Å². The van der Waals surface area contributed by atoms with Gasteiger partial charge in [0.05, 0.1) is 0 Å². The van der Waals surface area contributed by atoms with Gasteiger partial charge in [0.15, 0.2) is 0 Å². The Labute approximate surface area is 263 Å². The molecule has 30 saturated carbocycles. The fourth-order valence-corrected chi connectivity index (χ4v) is 46.6. The highest BCUT2D eigenvalue weighted by atomic mass is 32.1. The Morgan fingerprint density at radius 2 is 0.511 bits per heavy atom. The summed E-state index contributed by atoms with van der Waals surface area (Å²) < 4.78 is 0. The fraction of sp³-hybridized carbons (Fsp3) is 1.00. The number of rotatable bonds is 0. The van der Waals surface area contributed by atoms with Crippen LogP contribution in [0.3, 0.4) is 0 Å². The van der Waals surface area contributed by atoms with Crippen LogP contribution < -0.4 is 0 Å². The van der Waals surface area contributed by atoms with Crippen LogP contribution in [-0.2, 0) is 0 Å². The van der Waals surface area contributed by atoms with Crippen molar-refractivity contribution in [2.24, 2.45) is 228 Å². The van der Waals surface area contributed by atoms with Crippen LogP contribution in [0.15, 0.2) is 0 Å². The van der Waals surface area contributed by atoms with Crippen molar-refractivity contribution in [3.63, 3.8) is 0 Å². The van der Waals surface area contributed by atoms with E-state index in [2.05, 4.69) is 0 Å². The maximum absolute atomic E-state index is 5.62. The summed E-state index contributed by atoms with van der Waals surface area (Å²) in [5.74, 6) is 29.5. The van der Waals surface area contributed by atoms with Gasteiger partial charge in [-0.25, -0.2) is 0 Å². The smallest absolute Gasteiger partial charge is 0.00908 e. The molecule has 0 N–H and O–H groups in total. The van der Waals surface area contributed by atoms with Crippen molar-refractivity contribution in [2.45, 2.75) is 24.5 Å². The molecule has 0 aromatic heterocycles. The summed E-state index contributed by atoms with van der Waals surface area (Å²) in [6.45, 7) is 0. The Kier molecular flexibility index (Phi) is 0.919. The van der Waals surface area contributed by atoms with E-state index in [9.17, 15) is 0 Å². The summed E-state index contributed by atoms with van der Waals surface area (Å²) in [6, 6.07) is 0. The van der Waals surface area contributed by atoms with Crippen LogP contribution >= 0.6 is 12.6 Å². The lowest BCUT2D eigenvalue weighted by Crippen LogP contribution is -3.55. The van der Waals surface area contributed by atoms with Gasteiger partial charge in [0.2, 0.25) is 0 Å². The van der Waals surface area contributed by atoms with E-state index in [0.29, 0.717) is 0 Å². The third-order valence-corrected chi connectivity index (χ3v) is 37.5. The Morgan fingerprint density at radius 3 is 0.933 bits per heavy atom. The second-order valence-corrected chi connectivity index (χ2v) is 28.6. The Balaban J connectivity index is 0.828. The molecule has 41 atom stereocenters. The molecule has 45 heavy (non-hydrogen) atoms. The largest absolute Gasteiger partial charge is 0.175 e. The Hall–Kier alpha value is 0.350. The molecule has 0 bridgehead atoms. The van der Waals surface area contributed by atoms with Crippen LogP contribution in [0, 0.1) is 228 Å². The lowest BCUT2D eigenvalue weighted by molar-refractivity contribution is -1.11.